The molecule has 39 heavy (non-hydrogen) atoms. The predicted octanol–water partition coefficient (Wildman–Crippen LogP) is 7.00. The van der Waals surface area contributed by atoms with Gasteiger partial charge in [-0.25, -0.2) is 4.79 Å². The van der Waals surface area contributed by atoms with Gasteiger partial charge in [0.25, 0.3) is 0 Å². The number of carbonyl (C=O) groups excluding carboxylic acids is 1. The summed E-state index contributed by atoms with van der Waals surface area (Å²) in [5, 5.41) is 9.92. The Bertz CT molecular complexity index is 1440. The first-order valence-corrected chi connectivity index (χ1v) is 13.1. The van der Waals surface area contributed by atoms with Gasteiger partial charge in [-0.15, -0.1) is 0 Å². The quantitative estimate of drug-likeness (QED) is 0.148. The van der Waals surface area contributed by atoms with Gasteiger partial charge in [0, 0.05) is 23.3 Å². The summed E-state index contributed by atoms with van der Waals surface area (Å²) in [4.78, 5) is 12.6. The maximum absolute atomic E-state index is 12.6. The summed E-state index contributed by atoms with van der Waals surface area (Å²) in [7, 11) is 0. The largest absolute Gasteiger partial charge is 0.493 e. The van der Waals surface area contributed by atoms with Crippen LogP contribution in [0.4, 0.5) is 0 Å². The van der Waals surface area contributed by atoms with Crippen LogP contribution in [0.15, 0.2) is 84.3 Å². The van der Waals surface area contributed by atoms with Gasteiger partial charge in [0.1, 0.15) is 28.9 Å². The van der Waals surface area contributed by atoms with Gasteiger partial charge >= 0.3 is 5.97 Å². The first kappa shape index (κ1) is 27.5. The first-order chi connectivity index (χ1) is 18.7. The number of para-hydroxylation sites is 1. The normalized spacial score (nSPS) is 14.9. The Balaban J connectivity index is 1.56. The second kappa shape index (κ2) is 11.9. The topological polar surface area (TPSA) is 94.6 Å². The zero-order chi connectivity index (χ0) is 28.0. The molecule has 200 valence electrons. The SMILES string of the molecule is CCCCOc1ccccc1C1C(C#N)=C(N)Oc2cc(OC(=O)/C=C/c3ccc(C(C)(C)C)cc3)ccc21. The third kappa shape index (κ3) is 6.50. The average molecular weight is 523 g/mol. The van der Waals surface area contributed by atoms with Crippen LogP contribution in [-0.4, -0.2) is 12.6 Å². The molecular weight excluding hydrogens is 488 g/mol. The molecule has 0 spiro atoms. The van der Waals surface area contributed by atoms with E-state index in [0.717, 1.165) is 29.5 Å². The van der Waals surface area contributed by atoms with Crippen LogP contribution in [0, 0.1) is 11.3 Å². The number of nitrogens with two attached hydrogens (primary N) is 1. The highest BCUT2D eigenvalue weighted by Gasteiger charge is 2.33. The lowest BCUT2D eigenvalue weighted by Crippen LogP contribution is -2.21. The predicted molar refractivity (Wildman–Crippen MR) is 152 cm³/mol. The molecule has 1 aliphatic heterocycles. The van der Waals surface area contributed by atoms with Gasteiger partial charge in [-0.05, 0) is 41.2 Å². The molecule has 0 fully saturated rings. The number of nitriles is 1. The number of rotatable bonds is 8. The number of carbonyl (C=O) groups is 1. The molecule has 0 radical (unpaired) electrons. The van der Waals surface area contributed by atoms with Crippen molar-refractivity contribution in [1.82, 2.24) is 0 Å². The van der Waals surface area contributed by atoms with Crippen molar-refractivity contribution in [2.24, 2.45) is 5.73 Å². The molecule has 0 saturated heterocycles. The van der Waals surface area contributed by atoms with E-state index in [2.05, 4.69) is 45.9 Å². The highest BCUT2D eigenvalue weighted by atomic mass is 16.5. The van der Waals surface area contributed by atoms with Crippen LogP contribution in [0.5, 0.6) is 17.2 Å². The van der Waals surface area contributed by atoms with Crippen LogP contribution < -0.4 is 19.9 Å². The summed E-state index contributed by atoms with van der Waals surface area (Å²) < 4.78 is 17.4. The van der Waals surface area contributed by atoms with E-state index in [1.54, 1.807) is 24.3 Å². The molecule has 1 unspecified atom stereocenters. The summed E-state index contributed by atoms with van der Waals surface area (Å²) in [5.41, 5.74) is 10.2. The number of unbranched alkanes of at least 4 members (excludes halogenated alkanes) is 1. The maximum atomic E-state index is 12.6. The van der Waals surface area contributed by atoms with Crippen molar-refractivity contribution in [2.75, 3.05) is 6.61 Å². The highest BCUT2D eigenvalue weighted by molar-refractivity contribution is 5.88. The summed E-state index contributed by atoms with van der Waals surface area (Å²) >= 11 is 0. The zero-order valence-corrected chi connectivity index (χ0v) is 22.9. The second-order valence-electron chi connectivity index (χ2n) is 10.5. The van der Waals surface area contributed by atoms with E-state index in [9.17, 15) is 10.1 Å². The Morgan fingerprint density at radius 3 is 2.51 bits per heavy atom. The van der Waals surface area contributed by atoms with Crippen LogP contribution >= 0.6 is 0 Å². The lowest BCUT2D eigenvalue weighted by atomic mass is 9.83. The summed E-state index contributed by atoms with van der Waals surface area (Å²) in [6, 6.07) is 23.0. The lowest BCUT2D eigenvalue weighted by Gasteiger charge is -2.28. The fourth-order valence-corrected chi connectivity index (χ4v) is 4.40. The van der Waals surface area contributed by atoms with Crippen molar-refractivity contribution in [2.45, 2.75) is 51.9 Å². The van der Waals surface area contributed by atoms with Crippen molar-refractivity contribution < 1.29 is 19.0 Å². The van der Waals surface area contributed by atoms with Crippen LogP contribution in [-0.2, 0) is 10.2 Å². The van der Waals surface area contributed by atoms with Crippen molar-refractivity contribution >= 4 is 12.0 Å². The third-order valence-corrected chi connectivity index (χ3v) is 6.58. The minimum atomic E-state index is -0.516. The number of nitrogens with zero attached hydrogens (tertiary/aromatic N) is 1. The monoisotopic (exact) mass is 522 g/mol. The Labute approximate surface area is 230 Å². The highest BCUT2D eigenvalue weighted by Crippen LogP contribution is 2.45. The van der Waals surface area contributed by atoms with E-state index < -0.39 is 11.9 Å². The van der Waals surface area contributed by atoms with Gasteiger partial charge in [0.2, 0.25) is 5.88 Å². The Hall–Kier alpha value is -4.50. The van der Waals surface area contributed by atoms with E-state index in [-0.39, 0.29) is 11.3 Å². The molecule has 3 aromatic carbocycles. The molecule has 0 aromatic heterocycles. The number of esters is 1. The standard InChI is InChI=1S/C33H34N2O4/c1-5-6-19-37-28-10-8-7-9-25(28)31-26-17-16-24(20-29(26)39-32(35)27(31)21-34)38-30(36)18-13-22-11-14-23(15-12-22)33(2,3)4/h7-18,20,31H,5-6,19,35H2,1-4H3/b18-13+. The van der Waals surface area contributed by atoms with E-state index in [1.165, 1.54) is 11.6 Å². The molecule has 0 saturated carbocycles. The Morgan fingerprint density at radius 2 is 1.82 bits per heavy atom. The number of allylic oxidation sites excluding steroid dienone is 1. The van der Waals surface area contributed by atoms with Crippen LogP contribution in [0.3, 0.4) is 0 Å². The lowest BCUT2D eigenvalue weighted by molar-refractivity contribution is -0.128. The summed E-state index contributed by atoms with van der Waals surface area (Å²) in [6.07, 6.45) is 5.04. The van der Waals surface area contributed by atoms with Gasteiger partial charge in [0.15, 0.2) is 0 Å². The number of ether oxygens (including phenoxy) is 3. The molecule has 0 aliphatic carbocycles. The van der Waals surface area contributed by atoms with Gasteiger partial charge < -0.3 is 19.9 Å². The minimum absolute atomic E-state index is 0.0143. The van der Waals surface area contributed by atoms with Crippen LogP contribution in [0.2, 0.25) is 0 Å². The van der Waals surface area contributed by atoms with Crippen LogP contribution in [0.25, 0.3) is 6.08 Å². The van der Waals surface area contributed by atoms with Crippen molar-refractivity contribution in [3.05, 3.63) is 107 Å². The van der Waals surface area contributed by atoms with Gasteiger partial charge in [-0.1, -0.05) is 82.6 Å². The van der Waals surface area contributed by atoms with E-state index in [1.807, 2.05) is 36.4 Å². The maximum Gasteiger partial charge on any atom is 0.336 e. The minimum Gasteiger partial charge on any atom is -0.493 e. The third-order valence-electron chi connectivity index (χ3n) is 6.58. The number of hydrogen-bond donors (Lipinski definition) is 1. The van der Waals surface area contributed by atoms with Crippen molar-refractivity contribution in [1.29, 1.82) is 5.26 Å². The molecule has 6 heteroatoms. The molecule has 1 heterocycles. The van der Waals surface area contributed by atoms with Gasteiger partial charge in [0.05, 0.1) is 12.5 Å². The smallest absolute Gasteiger partial charge is 0.336 e. The van der Waals surface area contributed by atoms with Crippen LogP contribution in [0.1, 0.15) is 68.7 Å². The van der Waals surface area contributed by atoms with Crippen molar-refractivity contribution in [3.8, 4) is 23.3 Å². The molecule has 1 atom stereocenters. The fourth-order valence-electron chi connectivity index (χ4n) is 4.40. The number of hydrogen-bond acceptors (Lipinski definition) is 6. The molecule has 0 bridgehead atoms. The van der Waals surface area contributed by atoms with E-state index in [4.69, 9.17) is 19.9 Å². The second-order valence-corrected chi connectivity index (χ2v) is 10.5. The van der Waals surface area contributed by atoms with E-state index in [0.29, 0.717) is 29.4 Å². The average Bonchev–Trinajstić information content (AvgIpc) is 2.91. The number of benzene rings is 3. The summed E-state index contributed by atoms with van der Waals surface area (Å²) in [5.74, 6) is 0.453. The molecule has 0 amide bonds. The first-order valence-electron chi connectivity index (χ1n) is 13.1. The number of fused-ring (bicyclic) bond motifs is 1. The molecule has 1 aliphatic rings. The van der Waals surface area contributed by atoms with Gasteiger partial charge in [-0.3, -0.25) is 0 Å². The van der Waals surface area contributed by atoms with E-state index >= 15 is 0 Å². The zero-order valence-electron chi connectivity index (χ0n) is 22.9. The Kier molecular flexibility index (Phi) is 8.41. The summed E-state index contributed by atoms with van der Waals surface area (Å²) in [6.45, 7) is 9.15. The molecule has 2 N–H and O–H groups in total. The van der Waals surface area contributed by atoms with Gasteiger partial charge in [-0.2, -0.15) is 5.26 Å². The molecular formula is C33H34N2O4. The van der Waals surface area contributed by atoms with Crippen molar-refractivity contribution in [3.63, 3.8) is 0 Å². The molecule has 4 rings (SSSR count). The fraction of sp³-hybridized carbons (Fsp3) is 0.273. The molecule has 3 aromatic rings. The Morgan fingerprint density at radius 1 is 1.08 bits per heavy atom. The molecule has 6 nitrogen and oxygen atoms in total.